The van der Waals surface area contributed by atoms with E-state index in [4.69, 9.17) is 14.0 Å². The number of ether oxygens (including phenoxy) is 2. The molecule has 7 heteroatoms. The van der Waals surface area contributed by atoms with Gasteiger partial charge in [0.1, 0.15) is 0 Å². The fraction of sp³-hybridized carbons (Fsp3) is 0.192. The van der Waals surface area contributed by atoms with Crippen molar-refractivity contribution < 1.29 is 18.8 Å². The van der Waals surface area contributed by atoms with Crippen LogP contribution in [-0.4, -0.2) is 29.8 Å². The molecule has 7 nitrogen and oxygen atoms in total. The molecule has 168 valence electrons. The number of carbonyl (C=O) groups excluding carboxylic acids is 1. The van der Waals surface area contributed by atoms with Crippen molar-refractivity contribution in [3.8, 4) is 34.3 Å². The Hall–Kier alpha value is -4.13. The van der Waals surface area contributed by atoms with Gasteiger partial charge in [0.15, 0.2) is 18.1 Å². The Morgan fingerprint density at radius 2 is 1.58 bits per heavy atom. The summed E-state index contributed by atoms with van der Waals surface area (Å²) >= 11 is 0. The van der Waals surface area contributed by atoms with Crippen molar-refractivity contribution >= 4 is 5.91 Å². The molecule has 0 aliphatic heterocycles. The standard InChI is InChI=1S/C26H25N3O4/c1-17-4-8-19(9-5-17)15-27-24(30)16-32-22-13-12-21(14-23(22)31-3)25-28-26(33-29-25)20-10-6-18(2)7-11-20/h4-14H,15-16H2,1-3H3,(H,27,30). The van der Waals surface area contributed by atoms with Crippen LogP contribution in [0.3, 0.4) is 0 Å². The highest BCUT2D eigenvalue weighted by atomic mass is 16.5. The van der Waals surface area contributed by atoms with Crippen LogP contribution in [0.15, 0.2) is 71.3 Å². The lowest BCUT2D eigenvalue weighted by molar-refractivity contribution is -0.123. The maximum absolute atomic E-state index is 12.2. The maximum Gasteiger partial charge on any atom is 0.258 e. The van der Waals surface area contributed by atoms with Gasteiger partial charge in [-0.3, -0.25) is 4.79 Å². The van der Waals surface area contributed by atoms with Crippen LogP contribution in [-0.2, 0) is 11.3 Å². The summed E-state index contributed by atoms with van der Waals surface area (Å²) in [6.07, 6.45) is 0. The van der Waals surface area contributed by atoms with E-state index in [-0.39, 0.29) is 12.5 Å². The van der Waals surface area contributed by atoms with E-state index < -0.39 is 0 Å². The number of aryl methyl sites for hydroxylation is 2. The van der Waals surface area contributed by atoms with Crippen LogP contribution >= 0.6 is 0 Å². The second kappa shape index (κ2) is 9.99. The maximum atomic E-state index is 12.2. The Morgan fingerprint density at radius 1 is 0.909 bits per heavy atom. The molecule has 1 amide bonds. The highest BCUT2D eigenvalue weighted by Crippen LogP contribution is 2.32. The summed E-state index contributed by atoms with van der Waals surface area (Å²) in [5, 5.41) is 6.92. The normalized spacial score (nSPS) is 10.6. The Morgan fingerprint density at radius 3 is 2.27 bits per heavy atom. The van der Waals surface area contributed by atoms with E-state index in [1.165, 1.54) is 12.7 Å². The van der Waals surface area contributed by atoms with Crippen molar-refractivity contribution in [3.63, 3.8) is 0 Å². The summed E-state index contributed by atoms with van der Waals surface area (Å²) in [6, 6.07) is 21.1. The first-order chi connectivity index (χ1) is 16.0. The van der Waals surface area contributed by atoms with Gasteiger partial charge in [-0.05, 0) is 49.7 Å². The monoisotopic (exact) mass is 443 g/mol. The molecule has 0 saturated carbocycles. The van der Waals surface area contributed by atoms with E-state index in [9.17, 15) is 4.79 Å². The molecular formula is C26H25N3O4. The van der Waals surface area contributed by atoms with Gasteiger partial charge in [0.2, 0.25) is 5.82 Å². The molecule has 0 aliphatic rings. The molecule has 4 aromatic rings. The molecule has 0 bridgehead atoms. The van der Waals surface area contributed by atoms with Gasteiger partial charge in [0.05, 0.1) is 7.11 Å². The zero-order valence-electron chi connectivity index (χ0n) is 18.8. The summed E-state index contributed by atoms with van der Waals surface area (Å²) in [4.78, 5) is 16.7. The minimum absolute atomic E-state index is 0.124. The molecule has 0 spiro atoms. The van der Waals surface area contributed by atoms with Gasteiger partial charge in [-0.2, -0.15) is 4.98 Å². The van der Waals surface area contributed by atoms with Crippen molar-refractivity contribution in [2.75, 3.05) is 13.7 Å². The van der Waals surface area contributed by atoms with E-state index in [0.29, 0.717) is 35.3 Å². The highest BCUT2D eigenvalue weighted by Gasteiger charge is 2.14. The smallest absolute Gasteiger partial charge is 0.258 e. The van der Waals surface area contributed by atoms with Crippen molar-refractivity contribution in [2.45, 2.75) is 20.4 Å². The molecule has 0 saturated heterocycles. The molecule has 3 aromatic carbocycles. The second-order valence-electron chi connectivity index (χ2n) is 7.71. The summed E-state index contributed by atoms with van der Waals surface area (Å²) in [5.74, 6) is 1.58. The Labute approximate surface area is 192 Å². The van der Waals surface area contributed by atoms with Gasteiger partial charge in [-0.1, -0.05) is 52.7 Å². The number of hydrogen-bond donors (Lipinski definition) is 1. The van der Waals surface area contributed by atoms with Crippen molar-refractivity contribution in [1.29, 1.82) is 0 Å². The Bertz CT molecular complexity index is 1230. The Balaban J connectivity index is 1.39. The Kier molecular flexibility index (Phi) is 6.69. The van der Waals surface area contributed by atoms with Crippen LogP contribution in [0.4, 0.5) is 0 Å². The van der Waals surface area contributed by atoms with Crippen LogP contribution in [0.25, 0.3) is 22.8 Å². The van der Waals surface area contributed by atoms with Gasteiger partial charge < -0.3 is 19.3 Å². The highest BCUT2D eigenvalue weighted by molar-refractivity contribution is 5.77. The predicted molar refractivity (Wildman–Crippen MR) is 125 cm³/mol. The third-order valence-electron chi connectivity index (χ3n) is 5.12. The number of methoxy groups -OCH3 is 1. The lowest BCUT2D eigenvalue weighted by Crippen LogP contribution is -2.28. The number of amides is 1. The number of aromatic nitrogens is 2. The number of nitrogens with zero attached hydrogens (tertiary/aromatic N) is 2. The third-order valence-corrected chi connectivity index (χ3v) is 5.12. The van der Waals surface area contributed by atoms with Crippen LogP contribution in [0.5, 0.6) is 11.5 Å². The van der Waals surface area contributed by atoms with Gasteiger partial charge in [0, 0.05) is 17.7 Å². The molecule has 1 N–H and O–H groups in total. The minimum Gasteiger partial charge on any atom is -0.493 e. The van der Waals surface area contributed by atoms with E-state index in [0.717, 1.165) is 16.7 Å². The topological polar surface area (TPSA) is 86.5 Å². The largest absolute Gasteiger partial charge is 0.493 e. The van der Waals surface area contributed by atoms with Crippen molar-refractivity contribution in [2.24, 2.45) is 0 Å². The average molecular weight is 444 g/mol. The molecule has 4 rings (SSSR count). The molecule has 1 aromatic heterocycles. The fourth-order valence-corrected chi connectivity index (χ4v) is 3.18. The first-order valence-electron chi connectivity index (χ1n) is 10.6. The summed E-state index contributed by atoms with van der Waals surface area (Å²) in [5.41, 5.74) is 4.92. The van der Waals surface area contributed by atoms with E-state index in [2.05, 4.69) is 15.5 Å². The lowest BCUT2D eigenvalue weighted by Gasteiger charge is -2.11. The summed E-state index contributed by atoms with van der Waals surface area (Å²) < 4.78 is 16.5. The fourth-order valence-electron chi connectivity index (χ4n) is 3.18. The first kappa shape index (κ1) is 22.1. The lowest BCUT2D eigenvalue weighted by atomic mass is 10.1. The molecule has 0 atom stereocenters. The van der Waals surface area contributed by atoms with Gasteiger partial charge in [-0.25, -0.2) is 0 Å². The molecule has 0 radical (unpaired) electrons. The zero-order valence-corrected chi connectivity index (χ0v) is 18.8. The molecule has 0 fully saturated rings. The van der Waals surface area contributed by atoms with Crippen molar-refractivity contribution in [3.05, 3.63) is 83.4 Å². The first-order valence-corrected chi connectivity index (χ1v) is 10.6. The molecule has 1 heterocycles. The average Bonchev–Trinajstić information content (AvgIpc) is 3.33. The van der Waals surface area contributed by atoms with E-state index in [1.54, 1.807) is 18.2 Å². The predicted octanol–water partition coefficient (Wildman–Crippen LogP) is 4.72. The number of carbonyl (C=O) groups is 1. The van der Waals surface area contributed by atoms with Crippen LogP contribution in [0, 0.1) is 13.8 Å². The number of benzene rings is 3. The van der Waals surface area contributed by atoms with Crippen LogP contribution < -0.4 is 14.8 Å². The van der Waals surface area contributed by atoms with E-state index >= 15 is 0 Å². The van der Waals surface area contributed by atoms with Crippen LogP contribution in [0.1, 0.15) is 16.7 Å². The van der Waals surface area contributed by atoms with Gasteiger partial charge >= 0.3 is 0 Å². The van der Waals surface area contributed by atoms with Gasteiger partial charge in [-0.15, -0.1) is 0 Å². The molecule has 33 heavy (non-hydrogen) atoms. The van der Waals surface area contributed by atoms with Crippen molar-refractivity contribution in [1.82, 2.24) is 15.5 Å². The quantitative estimate of drug-likeness (QED) is 0.424. The zero-order chi connectivity index (χ0) is 23.2. The van der Waals surface area contributed by atoms with Crippen LogP contribution in [0.2, 0.25) is 0 Å². The molecular weight excluding hydrogens is 418 g/mol. The van der Waals surface area contributed by atoms with Gasteiger partial charge in [0.25, 0.3) is 11.8 Å². The number of nitrogens with one attached hydrogen (secondary N) is 1. The third kappa shape index (κ3) is 5.57. The van der Waals surface area contributed by atoms with E-state index in [1.807, 2.05) is 62.4 Å². The number of hydrogen-bond acceptors (Lipinski definition) is 6. The number of rotatable bonds is 8. The molecule has 0 unspecified atom stereocenters. The summed E-state index contributed by atoms with van der Waals surface area (Å²) in [6.45, 7) is 4.37. The minimum atomic E-state index is -0.220. The second-order valence-corrected chi connectivity index (χ2v) is 7.71. The molecule has 0 aliphatic carbocycles. The SMILES string of the molecule is COc1cc(-c2noc(-c3ccc(C)cc3)n2)ccc1OCC(=O)NCc1ccc(C)cc1. The summed E-state index contributed by atoms with van der Waals surface area (Å²) in [7, 11) is 1.54.